The molecule has 7 nitrogen and oxygen atoms in total. The van der Waals surface area contributed by atoms with Gasteiger partial charge in [0.25, 0.3) is 5.78 Å². The Bertz CT molecular complexity index is 1530. The summed E-state index contributed by atoms with van der Waals surface area (Å²) in [6.07, 6.45) is 0. The average molecular weight is 548 g/mol. The minimum absolute atomic E-state index is 0.126. The molecule has 1 fully saturated rings. The SMILES string of the molecule is COc1cccc(C2/C(=C(/O)c3ccc(F)cc3)C(=O)C(=O)N2c2nnc(SCc3ccc(C)cc3)s2)c1. The van der Waals surface area contributed by atoms with Gasteiger partial charge in [-0.05, 0) is 54.4 Å². The average Bonchev–Trinajstić information content (AvgIpc) is 3.50. The number of methoxy groups -OCH3 is 1. The molecule has 1 aromatic heterocycles. The van der Waals surface area contributed by atoms with Gasteiger partial charge in [0.15, 0.2) is 4.34 Å². The zero-order chi connectivity index (χ0) is 26.8. The van der Waals surface area contributed by atoms with Crippen molar-refractivity contribution in [2.24, 2.45) is 0 Å². The highest BCUT2D eigenvalue weighted by molar-refractivity contribution is 8.00. The molecule has 1 amide bonds. The Kier molecular flexibility index (Phi) is 7.26. The molecule has 1 aliphatic rings. The number of hydrogen-bond donors (Lipinski definition) is 1. The van der Waals surface area contributed by atoms with Crippen LogP contribution in [0.3, 0.4) is 0 Å². The normalized spacial score (nSPS) is 16.7. The molecule has 3 aromatic carbocycles. The van der Waals surface area contributed by atoms with Gasteiger partial charge in [0, 0.05) is 11.3 Å². The first-order chi connectivity index (χ1) is 18.4. The number of aromatic nitrogens is 2. The van der Waals surface area contributed by atoms with E-state index in [9.17, 15) is 19.1 Å². The number of benzene rings is 3. The van der Waals surface area contributed by atoms with Crippen LogP contribution in [0.5, 0.6) is 5.75 Å². The van der Waals surface area contributed by atoms with Gasteiger partial charge in [0.2, 0.25) is 5.13 Å². The first-order valence-corrected chi connectivity index (χ1v) is 13.4. The molecule has 1 aliphatic heterocycles. The lowest BCUT2D eigenvalue weighted by atomic mass is 9.95. The summed E-state index contributed by atoms with van der Waals surface area (Å²) >= 11 is 2.66. The number of carbonyl (C=O) groups is 2. The second kappa shape index (κ2) is 10.8. The number of aliphatic hydroxyl groups excluding tert-OH is 1. The number of hydrogen-bond acceptors (Lipinski definition) is 8. The summed E-state index contributed by atoms with van der Waals surface area (Å²) in [5.74, 6) is -1.43. The maximum absolute atomic E-state index is 13.5. The fourth-order valence-electron chi connectivity index (χ4n) is 4.11. The van der Waals surface area contributed by atoms with Crippen LogP contribution in [0.4, 0.5) is 9.52 Å². The highest BCUT2D eigenvalue weighted by Gasteiger charge is 2.48. The van der Waals surface area contributed by atoms with Crippen molar-refractivity contribution in [1.82, 2.24) is 10.2 Å². The first kappa shape index (κ1) is 25.6. The zero-order valence-electron chi connectivity index (χ0n) is 20.4. The Balaban J connectivity index is 1.54. The van der Waals surface area contributed by atoms with Gasteiger partial charge >= 0.3 is 5.91 Å². The Labute approximate surface area is 226 Å². The van der Waals surface area contributed by atoms with Crippen LogP contribution >= 0.6 is 23.1 Å². The maximum Gasteiger partial charge on any atom is 0.301 e. The fourth-order valence-corrected chi connectivity index (χ4v) is 5.93. The van der Waals surface area contributed by atoms with E-state index in [1.807, 2.05) is 31.2 Å². The Hall–Kier alpha value is -4.02. The summed E-state index contributed by atoms with van der Waals surface area (Å²) in [6, 6.07) is 19.1. The molecule has 0 bridgehead atoms. The number of carbonyl (C=O) groups excluding carboxylic acids is 2. The summed E-state index contributed by atoms with van der Waals surface area (Å²) in [7, 11) is 1.51. The van der Waals surface area contributed by atoms with E-state index in [-0.39, 0.29) is 16.3 Å². The molecule has 2 heterocycles. The quantitative estimate of drug-likeness (QED) is 0.101. The van der Waals surface area contributed by atoms with Crippen LogP contribution in [0.1, 0.15) is 28.3 Å². The van der Waals surface area contributed by atoms with Crippen molar-refractivity contribution < 1.29 is 23.8 Å². The molecule has 5 rings (SSSR count). The number of ketones is 1. The number of rotatable bonds is 7. The lowest BCUT2D eigenvalue weighted by Crippen LogP contribution is -2.29. The Morgan fingerprint density at radius 2 is 1.82 bits per heavy atom. The molecule has 0 spiro atoms. The monoisotopic (exact) mass is 547 g/mol. The molecule has 192 valence electrons. The number of aliphatic hydroxyl groups is 1. The van der Waals surface area contributed by atoms with E-state index < -0.39 is 29.3 Å². The van der Waals surface area contributed by atoms with Gasteiger partial charge < -0.3 is 9.84 Å². The number of amides is 1. The predicted octanol–water partition coefficient (Wildman–Crippen LogP) is 5.91. The highest BCUT2D eigenvalue weighted by Crippen LogP contribution is 2.44. The number of halogens is 1. The number of Topliss-reactive ketones (excluding diaryl/α,β-unsaturated/α-hetero) is 1. The van der Waals surface area contributed by atoms with Gasteiger partial charge in [-0.2, -0.15) is 0 Å². The van der Waals surface area contributed by atoms with Crippen LogP contribution in [0.25, 0.3) is 5.76 Å². The van der Waals surface area contributed by atoms with Gasteiger partial charge in [-0.25, -0.2) is 4.39 Å². The molecule has 38 heavy (non-hydrogen) atoms. The Morgan fingerprint density at radius 1 is 1.08 bits per heavy atom. The molecule has 1 unspecified atom stereocenters. The first-order valence-electron chi connectivity index (χ1n) is 11.6. The number of anilines is 1. The Morgan fingerprint density at radius 3 is 2.53 bits per heavy atom. The predicted molar refractivity (Wildman–Crippen MR) is 145 cm³/mol. The van der Waals surface area contributed by atoms with Crippen molar-refractivity contribution in [2.75, 3.05) is 12.0 Å². The maximum atomic E-state index is 13.5. The molecular formula is C28H22FN3O4S2. The summed E-state index contributed by atoms with van der Waals surface area (Å²) in [5.41, 5.74) is 2.91. The minimum Gasteiger partial charge on any atom is -0.507 e. The number of ether oxygens (including phenoxy) is 1. The summed E-state index contributed by atoms with van der Waals surface area (Å²) in [4.78, 5) is 27.9. The molecular weight excluding hydrogens is 525 g/mol. The van der Waals surface area contributed by atoms with Gasteiger partial charge in [0.05, 0.1) is 18.7 Å². The van der Waals surface area contributed by atoms with Crippen LogP contribution in [-0.2, 0) is 15.3 Å². The molecule has 1 N–H and O–H groups in total. The molecule has 0 aliphatic carbocycles. The number of nitrogens with zero attached hydrogens (tertiary/aromatic N) is 3. The minimum atomic E-state index is -0.988. The van der Waals surface area contributed by atoms with Crippen molar-refractivity contribution in [3.8, 4) is 5.75 Å². The summed E-state index contributed by atoms with van der Waals surface area (Å²) < 4.78 is 19.5. The van der Waals surface area contributed by atoms with Crippen molar-refractivity contribution in [1.29, 1.82) is 0 Å². The number of thioether (sulfide) groups is 1. The van der Waals surface area contributed by atoms with Crippen LogP contribution in [0.15, 0.2) is 82.7 Å². The zero-order valence-corrected chi connectivity index (χ0v) is 22.1. The number of aryl methyl sites for hydroxylation is 1. The molecule has 4 aromatic rings. The van der Waals surface area contributed by atoms with E-state index in [0.717, 1.165) is 5.56 Å². The van der Waals surface area contributed by atoms with Crippen LogP contribution in [0.2, 0.25) is 0 Å². The van der Waals surface area contributed by atoms with E-state index >= 15 is 0 Å². The lowest BCUT2D eigenvalue weighted by molar-refractivity contribution is -0.132. The third kappa shape index (κ3) is 5.05. The van der Waals surface area contributed by atoms with Crippen LogP contribution in [-0.4, -0.2) is 34.1 Å². The highest BCUT2D eigenvalue weighted by atomic mass is 32.2. The standard InChI is InChI=1S/C28H22FN3O4S2/c1-16-6-8-17(9-7-16)15-37-28-31-30-27(38-28)32-23(19-4-3-5-21(14-19)36-2)22(25(34)26(32)35)24(33)18-10-12-20(29)13-11-18/h3-14,23,33H,15H2,1-2H3/b24-22-. The van der Waals surface area contributed by atoms with Gasteiger partial charge in [-0.15, -0.1) is 10.2 Å². The molecule has 10 heteroatoms. The van der Waals surface area contributed by atoms with Crippen LogP contribution in [0, 0.1) is 12.7 Å². The van der Waals surface area contributed by atoms with Crippen molar-refractivity contribution in [3.63, 3.8) is 0 Å². The lowest BCUT2D eigenvalue weighted by Gasteiger charge is -2.22. The van der Waals surface area contributed by atoms with Crippen molar-refractivity contribution >= 4 is 45.7 Å². The molecule has 1 saturated heterocycles. The van der Waals surface area contributed by atoms with E-state index in [1.54, 1.807) is 24.3 Å². The van der Waals surface area contributed by atoms with Gasteiger partial charge in [-0.1, -0.05) is 65.1 Å². The van der Waals surface area contributed by atoms with E-state index in [0.29, 0.717) is 21.4 Å². The summed E-state index contributed by atoms with van der Waals surface area (Å²) in [5, 5.41) is 19.8. The van der Waals surface area contributed by atoms with Crippen molar-refractivity contribution in [2.45, 2.75) is 23.1 Å². The third-order valence-corrected chi connectivity index (χ3v) is 8.18. The molecule has 1 atom stereocenters. The third-order valence-electron chi connectivity index (χ3n) is 6.06. The van der Waals surface area contributed by atoms with E-state index in [2.05, 4.69) is 10.2 Å². The summed E-state index contributed by atoms with van der Waals surface area (Å²) in [6.45, 7) is 2.03. The van der Waals surface area contributed by atoms with E-state index in [1.165, 1.54) is 64.9 Å². The van der Waals surface area contributed by atoms with Gasteiger partial charge in [-0.3, -0.25) is 14.5 Å². The molecule has 0 saturated carbocycles. The topological polar surface area (TPSA) is 92.6 Å². The van der Waals surface area contributed by atoms with E-state index in [4.69, 9.17) is 4.74 Å². The van der Waals surface area contributed by atoms with Gasteiger partial charge in [0.1, 0.15) is 17.3 Å². The second-order valence-electron chi connectivity index (χ2n) is 8.58. The largest absolute Gasteiger partial charge is 0.507 e. The smallest absolute Gasteiger partial charge is 0.301 e. The van der Waals surface area contributed by atoms with Crippen LogP contribution < -0.4 is 9.64 Å². The van der Waals surface area contributed by atoms with Crippen molar-refractivity contribution in [3.05, 3.63) is 106 Å². The molecule has 0 radical (unpaired) electrons. The second-order valence-corrected chi connectivity index (χ2v) is 10.8. The fraction of sp³-hybridized carbons (Fsp3) is 0.143.